The van der Waals surface area contributed by atoms with Gasteiger partial charge in [0, 0.05) is 36.1 Å². The predicted octanol–water partition coefficient (Wildman–Crippen LogP) is 3.57. The van der Waals surface area contributed by atoms with Crippen molar-refractivity contribution >= 4 is 0 Å². The van der Waals surface area contributed by atoms with Crippen LogP contribution in [0.1, 0.15) is 31.4 Å². The number of pyridine rings is 1. The Kier molecular flexibility index (Phi) is 4.20. The van der Waals surface area contributed by atoms with Crippen LogP contribution < -0.4 is 10.1 Å². The van der Waals surface area contributed by atoms with E-state index in [-0.39, 0.29) is 0 Å². The van der Waals surface area contributed by atoms with Crippen molar-refractivity contribution in [2.75, 3.05) is 6.61 Å². The highest BCUT2D eigenvalue weighted by molar-refractivity contribution is 5.72. The van der Waals surface area contributed by atoms with Crippen LogP contribution in [0.5, 0.6) is 5.75 Å². The van der Waals surface area contributed by atoms with Crippen LogP contribution in [0.15, 0.2) is 36.7 Å². The van der Waals surface area contributed by atoms with Crippen molar-refractivity contribution in [1.29, 1.82) is 0 Å². The Morgan fingerprint density at radius 1 is 1.29 bits per heavy atom. The molecule has 110 valence electrons. The second-order valence-corrected chi connectivity index (χ2v) is 5.86. The van der Waals surface area contributed by atoms with Gasteiger partial charge in [-0.2, -0.15) is 0 Å². The van der Waals surface area contributed by atoms with Crippen molar-refractivity contribution in [3.05, 3.63) is 47.8 Å². The summed E-state index contributed by atoms with van der Waals surface area (Å²) < 4.78 is 5.90. The van der Waals surface area contributed by atoms with E-state index in [4.69, 9.17) is 4.74 Å². The number of aromatic nitrogens is 1. The molecule has 1 aromatic carbocycles. The van der Waals surface area contributed by atoms with Gasteiger partial charge in [0.1, 0.15) is 5.75 Å². The summed E-state index contributed by atoms with van der Waals surface area (Å²) in [7, 11) is 0. The molecule has 1 N–H and O–H groups in total. The number of para-hydroxylation sites is 1. The lowest BCUT2D eigenvalue weighted by atomic mass is 9.98. The van der Waals surface area contributed by atoms with Gasteiger partial charge in [-0.1, -0.05) is 32.0 Å². The predicted molar refractivity (Wildman–Crippen MR) is 85.5 cm³/mol. The minimum Gasteiger partial charge on any atom is -0.493 e. The number of nitrogens with zero attached hydrogens (tertiary/aromatic N) is 1. The molecule has 3 nitrogen and oxygen atoms in total. The van der Waals surface area contributed by atoms with Crippen LogP contribution in [0.3, 0.4) is 0 Å². The SMILES string of the molecule is CC(C)NCc1cncc(-c2cccc3c2OCCC3)c1. The molecular weight excluding hydrogens is 260 g/mol. The van der Waals surface area contributed by atoms with Gasteiger partial charge in [-0.15, -0.1) is 0 Å². The number of aryl methyl sites for hydroxylation is 1. The maximum absolute atomic E-state index is 5.90. The second-order valence-electron chi connectivity index (χ2n) is 5.86. The third-order valence-corrected chi connectivity index (χ3v) is 3.75. The first-order valence-electron chi connectivity index (χ1n) is 7.66. The van der Waals surface area contributed by atoms with E-state index in [0.717, 1.165) is 42.9 Å². The van der Waals surface area contributed by atoms with Crippen LogP contribution in [-0.2, 0) is 13.0 Å². The van der Waals surface area contributed by atoms with Crippen LogP contribution in [0.4, 0.5) is 0 Å². The van der Waals surface area contributed by atoms with Gasteiger partial charge in [0.05, 0.1) is 6.61 Å². The van der Waals surface area contributed by atoms with E-state index in [1.54, 1.807) is 0 Å². The van der Waals surface area contributed by atoms with Crippen LogP contribution in [0.25, 0.3) is 11.1 Å². The number of nitrogens with one attached hydrogen (secondary N) is 1. The molecular formula is C18H22N2O. The van der Waals surface area contributed by atoms with E-state index in [9.17, 15) is 0 Å². The number of hydrogen-bond donors (Lipinski definition) is 1. The van der Waals surface area contributed by atoms with E-state index in [2.05, 4.69) is 48.4 Å². The van der Waals surface area contributed by atoms with Crippen molar-refractivity contribution in [2.45, 2.75) is 39.3 Å². The quantitative estimate of drug-likeness (QED) is 0.931. The van der Waals surface area contributed by atoms with Crippen molar-refractivity contribution in [3.63, 3.8) is 0 Å². The minimum atomic E-state index is 0.474. The summed E-state index contributed by atoms with van der Waals surface area (Å²) in [6.45, 7) is 5.96. The molecule has 0 saturated heterocycles. The Morgan fingerprint density at radius 3 is 3.05 bits per heavy atom. The molecule has 3 heteroatoms. The fourth-order valence-corrected chi connectivity index (χ4v) is 2.67. The van der Waals surface area contributed by atoms with Gasteiger partial charge in [-0.05, 0) is 30.0 Å². The van der Waals surface area contributed by atoms with Crippen LogP contribution in [0, 0.1) is 0 Å². The molecule has 21 heavy (non-hydrogen) atoms. The third-order valence-electron chi connectivity index (χ3n) is 3.75. The molecule has 2 heterocycles. The van der Waals surface area contributed by atoms with Crippen molar-refractivity contribution in [2.24, 2.45) is 0 Å². The lowest BCUT2D eigenvalue weighted by molar-refractivity contribution is 0.289. The summed E-state index contributed by atoms with van der Waals surface area (Å²) >= 11 is 0. The Morgan fingerprint density at radius 2 is 2.19 bits per heavy atom. The summed E-state index contributed by atoms with van der Waals surface area (Å²) in [5.41, 5.74) is 4.81. The molecule has 1 aliphatic heterocycles. The van der Waals surface area contributed by atoms with Gasteiger partial charge in [0.15, 0.2) is 0 Å². The Balaban J connectivity index is 1.92. The molecule has 0 saturated carbocycles. The first-order valence-corrected chi connectivity index (χ1v) is 7.66. The van der Waals surface area contributed by atoms with Crippen molar-refractivity contribution < 1.29 is 4.74 Å². The standard InChI is InChI=1S/C18H22N2O/c1-13(2)20-11-14-9-16(12-19-10-14)17-7-3-5-15-6-4-8-21-18(15)17/h3,5,7,9-10,12-13,20H,4,6,8,11H2,1-2H3. The fourth-order valence-electron chi connectivity index (χ4n) is 2.67. The topological polar surface area (TPSA) is 34.2 Å². The van der Waals surface area contributed by atoms with Gasteiger partial charge in [0.2, 0.25) is 0 Å². The van der Waals surface area contributed by atoms with E-state index in [0.29, 0.717) is 6.04 Å². The smallest absolute Gasteiger partial charge is 0.130 e. The molecule has 0 radical (unpaired) electrons. The average molecular weight is 282 g/mol. The zero-order valence-electron chi connectivity index (χ0n) is 12.7. The third kappa shape index (κ3) is 3.24. The monoisotopic (exact) mass is 282 g/mol. The van der Waals surface area contributed by atoms with Crippen molar-refractivity contribution in [1.82, 2.24) is 10.3 Å². The van der Waals surface area contributed by atoms with E-state index >= 15 is 0 Å². The number of rotatable bonds is 4. The molecule has 0 aliphatic carbocycles. The molecule has 0 unspecified atom stereocenters. The molecule has 2 aromatic rings. The molecule has 3 rings (SSSR count). The zero-order valence-corrected chi connectivity index (χ0v) is 12.7. The Hall–Kier alpha value is -1.87. The number of benzene rings is 1. The number of ether oxygens (including phenoxy) is 1. The molecule has 0 amide bonds. The maximum Gasteiger partial charge on any atom is 0.130 e. The maximum atomic E-state index is 5.90. The van der Waals surface area contributed by atoms with Crippen LogP contribution in [-0.4, -0.2) is 17.6 Å². The number of hydrogen-bond acceptors (Lipinski definition) is 3. The van der Waals surface area contributed by atoms with E-state index < -0.39 is 0 Å². The molecule has 0 atom stereocenters. The summed E-state index contributed by atoms with van der Waals surface area (Å²) in [4.78, 5) is 4.39. The fraction of sp³-hybridized carbons (Fsp3) is 0.389. The summed E-state index contributed by atoms with van der Waals surface area (Å²) in [5, 5.41) is 3.43. The first kappa shape index (κ1) is 14.1. The average Bonchev–Trinajstić information content (AvgIpc) is 2.52. The molecule has 0 spiro atoms. The van der Waals surface area contributed by atoms with Gasteiger partial charge >= 0.3 is 0 Å². The normalized spacial score (nSPS) is 13.9. The van der Waals surface area contributed by atoms with Crippen molar-refractivity contribution in [3.8, 4) is 16.9 Å². The van der Waals surface area contributed by atoms with Crippen LogP contribution in [0.2, 0.25) is 0 Å². The van der Waals surface area contributed by atoms with Gasteiger partial charge < -0.3 is 10.1 Å². The lowest BCUT2D eigenvalue weighted by Gasteiger charge is -2.20. The Labute approximate surface area is 126 Å². The first-order chi connectivity index (χ1) is 10.2. The number of fused-ring (bicyclic) bond motifs is 1. The Bertz CT molecular complexity index is 622. The highest BCUT2D eigenvalue weighted by Gasteiger charge is 2.15. The molecule has 0 bridgehead atoms. The highest BCUT2D eigenvalue weighted by atomic mass is 16.5. The summed E-state index contributed by atoms with van der Waals surface area (Å²) in [6, 6.07) is 9.08. The summed E-state index contributed by atoms with van der Waals surface area (Å²) in [6.07, 6.45) is 6.06. The van der Waals surface area contributed by atoms with Gasteiger partial charge in [-0.25, -0.2) is 0 Å². The summed E-state index contributed by atoms with van der Waals surface area (Å²) in [5.74, 6) is 1.04. The molecule has 1 aromatic heterocycles. The van der Waals surface area contributed by atoms with E-state index in [1.165, 1.54) is 11.1 Å². The molecule has 1 aliphatic rings. The van der Waals surface area contributed by atoms with Crippen LogP contribution >= 0.6 is 0 Å². The lowest BCUT2D eigenvalue weighted by Crippen LogP contribution is -2.21. The largest absolute Gasteiger partial charge is 0.493 e. The zero-order chi connectivity index (χ0) is 14.7. The minimum absolute atomic E-state index is 0.474. The molecule has 0 fully saturated rings. The van der Waals surface area contributed by atoms with Gasteiger partial charge in [-0.3, -0.25) is 4.98 Å². The second kappa shape index (κ2) is 6.27. The van der Waals surface area contributed by atoms with Gasteiger partial charge in [0.25, 0.3) is 0 Å². The van der Waals surface area contributed by atoms with E-state index in [1.807, 2.05) is 12.4 Å². The highest BCUT2D eigenvalue weighted by Crippen LogP contribution is 2.36.